The largest absolute Gasteiger partial charge is 0.486 e. The molecule has 0 saturated carbocycles. The molecule has 0 spiro atoms. The van der Waals surface area contributed by atoms with Gasteiger partial charge < -0.3 is 9.47 Å². The fourth-order valence-corrected chi connectivity index (χ4v) is 3.29. The van der Waals surface area contributed by atoms with E-state index >= 15 is 0 Å². The number of hydrogen-bond acceptors (Lipinski definition) is 2. The van der Waals surface area contributed by atoms with Crippen molar-refractivity contribution >= 4 is 10.8 Å². The molecule has 0 aliphatic rings. The summed E-state index contributed by atoms with van der Waals surface area (Å²) >= 11 is 0. The highest BCUT2D eigenvalue weighted by Gasteiger charge is 2.34. The van der Waals surface area contributed by atoms with E-state index in [-0.39, 0.29) is 23.7 Å². The van der Waals surface area contributed by atoms with Crippen molar-refractivity contribution in [2.24, 2.45) is 0 Å². The molecule has 2 nitrogen and oxygen atoms in total. The summed E-state index contributed by atoms with van der Waals surface area (Å²) in [4.78, 5) is 0. The van der Waals surface area contributed by atoms with Gasteiger partial charge in [-0.3, -0.25) is 0 Å². The summed E-state index contributed by atoms with van der Waals surface area (Å²) in [5.41, 5.74) is 0.812. The molecule has 0 heterocycles. The molecular weight excluding hydrogens is 401 g/mol. The van der Waals surface area contributed by atoms with Crippen LogP contribution in [-0.2, 0) is 12.5 Å². The standard InChI is InChI=1S/C26H27F3O2/c1-3-5-7-8-19-9-12-22(13-10-19)26(28,29)31-23-14-11-20-18-25(30-15-6-4-2)24(27)17-21(20)16-23/h4,6,9-14,16-18H,3,5,7-8,15H2,1-2H3/b6-4+. The first-order valence-electron chi connectivity index (χ1n) is 10.6. The van der Waals surface area contributed by atoms with Crippen LogP contribution in [-0.4, -0.2) is 6.61 Å². The highest BCUT2D eigenvalue weighted by atomic mass is 19.3. The third kappa shape index (κ3) is 6.03. The van der Waals surface area contributed by atoms with Crippen LogP contribution in [0.5, 0.6) is 11.5 Å². The van der Waals surface area contributed by atoms with Crippen molar-refractivity contribution in [1.82, 2.24) is 0 Å². The number of fused-ring (bicyclic) bond motifs is 1. The fourth-order valence-electron chi connectivity index (χ4n) is 3.29. The molecule has 5 heteroatoms. The molecule has 0 aliphatic heterocycles. The van der Waals surface area contributed by atoms with Gasteiger partial charge in [0.15, 0.2) is 11.6 Å². The number of hydrogen-bond donors (Lipinski definition) is 0. The van der Waals surface area contributed by atoms with Crippen molar-refractivity contribution in [3.05, 3.63) is 83.7 Å². The van der Waals surface area contributed by atoms with Gasteiger partial charge in [-0.25, -0.2) is 4.39 Å². The fraction of sp³-hybridized carbons (Fsp3) is 0.308. The van der Waals surface area contributed by atoms with Crippen molar-refractivity contribution in [2.75, 3.05) is 6.61 Å². The minimum atomic E-state index is -3.50. The molecule has 0 atom stereocenters. The zero-order chi connectivity index (χ0) is 22.3. The lowest BCUT2D eigenvalue weighted by molar-refractivity contribution is -0.185. The van der Waals surface area contributed by atoms with Crippen molar-refractivity contribution in [1.29, 1.82) is 0 Å². The maximum atomic E-state index is 14.7. The first kappa shape index (κ1) is 22.7. The van der Waals surface area contributed by atoms with Crippen LogP contribution in [0.4, 0.5) is 13.2 Å². The van der Waals surface area contributed by atoms with Crippen LogP contribution in [0.1, 0.15) is 44.2 Å². The summed E-state index contributed by atoms with van der Waals surface area (Å²) in [6.45, 7) is 4.23. The molecule has 3 aromatic rings. The molecule has 0 amide bonds. The molecule has 164 valence electrons. The molecule has 0 N–H and O–H groups in total. The molecular formula is C26H27F3O2. The summed E-state index contributed by atoms with van der Waals surface area (Å²) in [6, 6.07) is 13.5. The molecule has 3 rings (SSSR count). The zero-order valence-corrected chi connectivity index (χ0v) is 17.8. The molecule has 0 unspecified atom stereocenters. The first-order chi connectivity index (χ1) is 14.9. The summed E-state index contributed by atoms with van der Waals surface area (Å²) < 4.78 is 54.0. The summed E-state index contributed by atoms with van der Waals surface area (Å²) in [5.74, 6) is -0.477. The van der Waals surface area contributed by atoms with Crippen LogP contribution in [0.3, 0.4) is 0 Å². The lowest BCUT2D eigenvalue weighted by atomic mass is 10.0. The lowest BCUT2D eigenvalue weighted by Gasteiger charge is -2.19. The van der Waals surface area contributed by atoms with Gasteiger partial charge in [-0.15, -0.1) is 0 Å². The molecule has 0 bridgehead atoms. The Morgan fingerprint density at radius 3 is 2.42 bits per heavy atom. The Kier molecular flexibility index (Phi) is 7.61. The van der Waals surface area contributed by atoms with Gasteiger partial charge in [0, 0.05) is 0 Å². The van der Waals surface area contributed by atoms with Crippen LogP contribution >= 0.6 is 0 Å². The second kappa shape index (κ2) is 10.4. The average Bonchev–Trinajstić information content (AvgIpc) is 2.75. The van der Waals surface area contributed by atoms with Gasteiger partial charge in [-0.05, 0) is 72.5 Å². The van der Waals surface area contributed by atoms with E-state index in [1.165, 1.54) is 30.3 Å². The molecule has 3 aromatic carbocycles. The molecule has 0 aromatic heterocycles. The van der Waals surface area contributed by atoms with Gasteiger partial charge in [0.25, 0.3) is 0 Å². The highest BCUT2D eigenvalue weighted by Crippen LogP contribution is 2.34. The van der Waals surface area contributed by atoms with E-state index in [4.69, 9.17) is 9.47 Å². The first-order valence-corrected chi connectivity index (χ1v) is 10.6. The van der Waals surface area contributed by atoms with E-state index in [0.717, 1.165) is 31.2 Å². The highest BCUT2D eigenvalue weighted by molar-refractivity contribution is 5.85. The second-order valence-corrected chi connectivity index (χ2v) is 7.44. The number of aryl methyl sites for hydroxylation is 1. The number of benzene rings is 3. The van der Waals surface area contributed by atoms with Gasteiger partial charge in [-0.2, -0.15) is 8.78 Å². The smallest absolute Gasteiger partial charge is 0.426 e. The van der Waals surface area contributed by atoms with Crippen molar-refractivity contribution in [3.63, 3.8) is 0 Å². The summed E-state index contributed by atoms with van der Waals surface area (Å²) in [7, 11) is 0. The van der Waals surface area contributed by atoms with Gasteiger partial charge in [0.2, 0.25) is 0 Å². The number of ether oxygens (including phenoxy) is 2. The zero-order valence-electron chi connectivity index (χ0n) is 17.8. The van der Waals surface area contributed by atoms with Crippen molar-refractivity contribution in [2.45, 2.75) is 45.6 Å². The molecule has 0 aliphatic carbocycles. The number of rotatable bonds is 10. The average molecular weight is 428 g/mol. The summed E-state index contributed by atoms with van der Waals surface area (Å²) in [6.07, 6.45) is 4.22. The SMILES string of the molecule is C/C=C/COc1cc2ccc(OC(F)(F)c3ccc(CCCCC)cc3)cc2cc1F. The molecule has 31 heavy (non-hydrogen) atoms. The minimum Gasteiger partial charge on any atom is -0.486 e. The number of unbranched alkanes of at least 4 members (excludes halogenated alkanes) is 2. The maximum absolute atomic E-state index is 14.7. The van der Waals surface area contributed by atoms with E-state index < -0.39 is 11.9 Å². The van der Waals surface area contributed by atoms with Crippen molar-refractivity contribution < 1.29 is 22.6 Å². The van der Waals surface area contributed by atoms with Crippen LogP contribution in [0.2, 0.25) is 0 Å². The third-order valence-electron chi connectivity index (χ3n) is 5.04. The second-order valence-electron chi connectivity index (χ2n) is 7.44. The lowest BCUT2D eigenvalue weighted by Crippen LogP contribution is -2.21. The summed E-state index contributed by atoms with van der Waals surface area (Å²) in [5, 5.41) is 1.12. The Labute approximate surface area is 181 Å². The van der Waals surface area contributed by atoms with E-state index in [1.54, 1.807) is 30.3 Å². The van der Waals surface area contributed by atoms with E-state index in [2.05, 4.69) is 6.92 Å². The Morgan fingerprint density at radius 1 is 0.935 bits per heavy atom. The van der Waals surface area contributed by atoms with Crippen LogP contribution in [0.25, 0.3) is 10.8 Å². The molecule has 0 fully saturated rings. The molecule has 0 saturated heterocycles. The van der Waals surface area contributed by atoms with Crippen LogP contribution in [0, 0.1) is 5.82 Å². The van der Waals surface area contributed by atoms with E-state index in [9.17, 15) is 13.2 Å². The Bertz CT molecular complexity index is 1030. The van der Waals surface area contributed by atoms with E-state index in [1.807, 2.05) is 13.0 Å². The van der Waals surface area contributed by atoms with Crippen LogP contribution < -0.4 is 9.47 Å². The quantitative estimate of drug-likeness (QED) is 0.242. The predicted molar refractivity (Wildman–Crippen MR) is 118 cm³/mol. The Morgan fingerprint density at radius 2 is 1.71 bits per heavy atom. The monoisotopic (exact) mass is 428 g/mol. The van der Waals surface area contributed by atoms with Gasteiger partial charge >= 0.3 is 6.11 Å². The predicted octanol–water partition coefficient (Wildman–Crippen LogP) is 7.79. The minimum absolute atomic E-state index is 0.0356. The number of halogens is 3. The van der Waals surface area contributed by atoms with Gasteiger partial charge in [0.1, 0.15) is 12.4 Å². The van der Waals surface area contributed by atoms with Crippen molar-refractivity contribution in [3.8, 4) is 11.5 Å². The molecule has 0 radical (unpaired) electrons. The number of allylic oxidation sites excluding steroid dienone is 1. The third-order valence-corrected chi connectivity index (χ3v) is 5.04. The Hall–Kier alpha value is -2.95. The van der Waals surface area contributed by atoms with Gasteiger partial charge in [-0.1, -0.05) is 50.1 Å². The van der Waals surface area contributed by atoms with Gasteiger partial charge in [0.05, 0.1) is 5.56 Å². The topological polar surface area (TPSA) is 18.5 Å². The normalized spacial score (nSPS) is 11.9. The Balaban J connectivity index is 1.74. The number of alkyl halides is 2. The van der Waals surface area contributed by atoms with Crippen LogP contribution in [0.15, 0.2) is 66.7 Å². The van der Waals surface area contributed by atoms with E-state index in [0.29, 0.717) is 10.8 Å². The maximum Gasteiger partial charge on any atom is 0.426 e.